The second kappa shape index (κ2) is 7.28. The lowest BCUT2D eigenvalue weighted by atomic mass is 10.1. The Morgan fingerprint density at radius 1 is 1.38 bits per heavy atom. The summed E-state index contributed by atoms with van der Waals surface area (Å²) in [6, 6.07) is 6.35. The first-order chi connectivity index (χ1) is 7.72. The minimum atomic E-state index is -0.229. The van der Waals surface area contributed by atoms with Gasteiger partial charge >= 0.3 is 0 Å². The minimum absolute atomic E-state index is 0.0801. The molecule has 0 aliphatic rings. The molecule has 0 heterocycles. The van der Waals surface area contributed by atoms with Crippen LogP contribution in [0.25, 0.3) is 0 Å². The number of carbonyl (C=O) groups excluding carboxylic acids is 1. The van der Waals surface area contributed by atoms with Crippen molar-refractivity contribution < 1.29 is 9.18 Å². The maximum atomic E-state index is 12.6. The normalized spacial score (nSPS) is 10.1. The number of halogens is 1. The summed E-state index contributed by atoms with van der Waals surface area (Å²) in [5.74, 6) is 0.701. The van der Waals surface area contributed by atoms with Crippen LogP contribution in [0.3, 0.4) is 0 Å². The Hall–Kier alpha value is -1.03. The molecule has 0 radical (unpaired) electrons. The summed E-state index contributed by atoms with van der Waals surface area (Å²) in [5, 5.41) is 2.83. The molecule has 0 spiro atoms. The van der Waals surface area contributed by atoms with Crippen molar-refractivity contribution in [1.82, 2.24) is 5.32 Å². The third-order valence-electron chi connectivity index (χ3n) is 2.18. The van der Waals surface area contributed by atoms with Crippen molar-refractivity contribution in [2.75, 3.05) is 18.6 Å². The molecule has 1 N–H and O–H groups in total. The maximum Gasteiger partial charge on any atom is 0.220 e. The molecule has 0 aliphatic carbocycles. The van der Waals surface area contributed by atoms with E-state index in [2.05, 4.69) is 5.32 Å². The lowest BCUT2D eigenvalue weighted by Crippen LogP contribution is -2.25. The number of nitrogens with one attached hydrogen (secondary N) is 1. The van der Waals surface area contributed by atoms with Gasteiger partial charge in [-0.1, -0.05) is 12.1 Å². The van der Waals surface area contributed by atoms with Gasteiger partial charge in [-0.15, -0.1) is 0 Å². The largest absolute Gasteiger partial charge is 0.356 e. The first kappa shape index (κ1) is 13.0. The number of amides is 1. The molecular formula is C12H16FNOS. The van der Waals surface area contributed by atoms with Gasteiger partial charge in [-0.25, -0.2) is 4.39 Å². The zero-order chi connectivity index (χ0) is 11.8. The minimum Gasteiger partial charge on any atom is -0.356 e. The van der Waals surface area contributed by atoms with E-state index in [1.54, 1.807) is 23.9 Å². The van der Waals surface area contributed by atoms with Crippen LogP contribution in [0.5, 0.6) is 0 Å². The van der Waals surface area contributed by atoms with Crippen LogP contribution >= 0.6 is 11.8 Å². The predicted molar refractivity (Wildman–Crippen MR) is 66.1 cm³/mol. The fourth-order valence-corrected chi connectivity index (χ4v) is 1.67. The fourth-order valence-electron chi connectivity index (χ4n) is 1.28. The van der Waals surface area contributed by atoms with Gasteiger partial charge in [0.2, 0.25) is 5.91 Å². The van der Waals surface area contributed by atoms with Crippen LogP contribution in [-0.2, 0) is 11.2 Å². The van der Waals surface area contributed by atoms with Crippen LogP contribution in [0.15, 0.2) is 24.3 Å². The SMILES string of the molecule is CSCCC(=O)NCCc1ccc(F)cc1. The summed E-state index contributed by atoms with van der Waals surface area (Å²) in [6.07, 6.45) is 3.28. The lowest BCUT2D eigenvalue weighted by molar-refractivity contribution is -0.120. The monoisotopic (exact) mass is 241 g/mol. The van der Waals surface area contributed by atoms with Crippen LogP contribution in [0.2, 0.25) is 0 Å². The molecule has 0 saturated carbocycles. The summed E-state index contributed by atoms with van der Waals surface area (Å²) in [6.45, 7) is 0.610. The molecule has 2 nitrogen and oxygen atoms in total. The van der Waals surface area contributed by atoms with Gasteiger partial charge in [-0.3, -0.25) is 4.79 Å². The average Bonchev–Trinajstić information content (AvgIpc) is 2.29. The summed E-state index contributed by atoms with van der Waals surface area (Å²) in [4.78, 5) is 11.3. The van der Waals surface area contributed by atoms with Crippen LogP contribution in [-0.4, -0.2) is 24.5 Å². The molecule has 0 aliphatic heterocycles. The lowest BCUT2D eigenvalue weighted by Gasteiger charge is -2.04. The van der Waals surface area contributed by atoms with Gasteiger partial charge in [-0.2, -0.15) is 11.8 Å². The van der Waals surface area contributed by atoms with Crippen molar-refractivity contribution >= 4 is 17.7 Å². The zero-order valence-electron chi connectivity index (χ0n) is 9.33. The number of thioether (sulfide) groups is 1. The third kappa shape index (κ3) is 5.16. The summed E-state index contributed by atoms with van der Waals surface area (Å²) >= 11 is 1.66. The predicted octanol–water partition coefficient (Wildman–Crippen LogP) is 2.24. The highest BCUT2D eigenvalue weighted by atomic mass is 32.2. The Kier molecular flexibility index (Phi) is 5.93. The van der Waals surface area contributed by atoms with Crippen molar-refractivity contribution in [1.29, 1.82) is 0 Å². The zero-order valence-corrected chi connectivity index (χ0v) is 10.1. The molecule has 1 rings (SSSR count). The van der Waals surface area contributed by atoms with Gasteiger partial charge in [0.25, 0.3) is 0 Å². The molecule has 0 bridgehead atoms. The molecule has 1 aromatic rings. The molecule has 0 aromatic heterocycles. The second-order valence-corrected chi connectivity index (χ2v) is 4.45. The van der Waals surface area contributed by atoms with Gasteiger partial charge in [0, 0.05) is 18.7 Å². The van der Waals surface area contributed by atoms with Crippen molar-refractivity contribution in [3.8, 4) is 0 Å². The van der Waals surface area contributed by atoms with E-state index in [1.807, 2.05) is 6.26 Å². The van der Waals surface area contributed by atoms with Crippen molar-refractivity contribution in [2.45, 2.75) is 12.8 Å². The van der Waals surface area contributed by atoms with E-state index >= 15 is 0 Å². The van der Waals surface area contributed by atoms with Crippen molar-refractivity contribution in [2.24, 2.45) is 0 Å². The molecule has 0 saturated heterocycles. The van der Waals surface area contributed by atoms with Crippen LogP contribution < -0.4 is 5.32 Å². The molecule has 1 aromatic carbocycles. The molecule has 16 heavy (non-hydrogen) atoms. The molecular weight excluding hydrogens is 225 g/mol. The van der Waals surface area contributed by atoms with Crippen LogP contribution in [0, 0.1) is 5.82 Å². The van der Waals surface area contributed by atoms with E-state index in [-0.39, 0.29) is 11.7 Å². The molecule has 1 amide bonds. The fraction of sp³-hybridized carbons (Fsp3) is 0.417. The van der Waals surface area contributed by atoms with Crippen molar-refractivity contribution in [3.05, 3.63) is 35.6 Å². The van der Waals surface area contributed by atoms with Crippen molar-refractivity contribution in [3.63, 3.8) is 0 Å². The first-order valence-electron chi connectivity index (χ1n) is 5.22. The van der Waals surface area contributed by atoms with E-state index in [4.69, 9.17) is 0 Å². The van der Waals surface area contributed by atoms with Gasteiger partial charge in [-0.05, 0) is 30.4 Å². The van der Waals surface area contributed by atoms with Crippen LogP contribution in [0.4, 0.5) is 4.39 Å². The van der Waals surface area contributed by atoms with Gasteiger partial charge in [0.05, 0.1) is 0 Å². The van der Waals surface area contributed by atoms with E-state index < -0.39 is 0 Å². The number of hydrogen-bond acceptors (Lipinski definition) is 2. The standard InChI is InChI=1S/C12H16FNOS/c1-16-9-7-12(15)14-8-6-10-2-4-11(13)5-3-10/h2-5H,6-9H2,1H3,(H,14,15). The van der Waals surface area contributed by atoms with Crippen LogP contribution in [0.1, 0.15) is 12.0 Å². The van der Waals surface area contributed by atoms with E-state index in [0.29, 0.717) is 13.0 Å². The summed E-state index contributed by atoms with van der Waals surface area (Å²) in [7, 11) is 0. The Bertz CT molecular complexity index is 326. The topological polar surface area (TPSA) is 29.1 Å². The molecule has 0 atom stereocenters. The quantitative estimate of drug-likeness (QED) is 0.827. The van der Waals surface area contributed by atoms with E-state index in [1.165, 1.54) is 12.1 Å². The van der Waals surface area contributed by atoms with E-state index in [0.717, 1.165) is 17.7 Å². The Labute approximate surface area is 99.6 Å². The second-order valence-electron chi connectivity index (χ2n) is 3.47. The summed E-state index contributed by atoms with van der Waals surface area (Å²) in [5.41, 5.74) is 1.03. The van der Waals surface area contributed by atoms with Gasteiger partial charge in [0.1, 0.15) is 5.82 Å². The maximum absolute atomic E-state index is 12.6. The highest BCUT2D eigenvalue weighted by Crippen LogP contribution is 2.02. The Balaban J connectivity index is 2.20. The number of carbonyl (C=O) groups is 1. The average molecular weight is 241 g/mol. The highest BCUT2D eigenvalue weighted by molar-refractivity contribution is 7.98. The Morgan fingerprint density at radius 2 is 2.06 bits per heavy atom. The van der Waals surface area contributed by atoms with Gasteiger partial charge < -0.3 is 5.32 Å². The number of hydrogen-bond donors (Lipinski definition) is 1. The smallest absolute Gasteiger partial charge is 0.220 e. The summed E-state index contributed by atoms with van der Waals surface area (Å²) < 4.78 is 12.6. The van der Waals surface area contributed by atoms with Gasteiger partial charge in [0.15, 0.2) is 0 Å². The third-order valence-corrected chi connectivity index (χ3v) is 2.79. The molecule has 88 valence electrons. The van der Waals surface area contributed by atoms with E-state index in [9.17, 15) is 9.18 Å². The highest BCUT2D eigenvalue weighted by Gasteiger charge is 2.00. The first-order valence-corrected chi connectivity index (χ1v) is 6.62. The molecule has 4 heteroatoms. The molecule has 0 unspecified atom stereocenters. The Morgan fingerprint density at radius 3 is 2.69 bits per heavy atom. The number of benzene rings is 1. The molecule has 0 fully saturated rings. The number of rotatable bonds is 6.